The fraction of sp³-hybridized carbons (Fsp3) is 0.370. The van der Waals surface area contributed by atoms with E-state index >= 15 is 0 Å². The first-order valence-electron chi connectivity index (χ1n) is 11.7. The summed E-state index contributed by atoms with van der Waals surface area (Å²) in [5.41, 5.74) is 3.95. The fourth-order valence-electron chi connectivity index (χ4n) is 5.04. The highest BCUT2D eigenvalue weighted by molar-refractivity contribution is 6.07. The minimum atomic E-state index is -0.476. The smallest absolute Gasteiger partial charge is 0.339 e. The molecular weight excluding hydrogens is 416 g/mol. The van der Waals surface area contributed by atoms with Crippen LogP contribution in [0.2, 0.25) is 0 Å². The molecule has 2 heterocycles. The number of amides is 1. The lowest BCUT2D eigenvalue weighted by Gasteiger charge is -2.29. The summed E-state index contributed by atoms with van der Waals surface area (Å²) in [6.45, 7) is 1.89. The van der Waals surface area contributed by atoms with E-state index in [1.54, 1.807) is 6.26 Å². The number of hydrogen-bond acceptors (Lipinski definition) is 5. The number of rotatable bonds is 5. The van der Waals surface area contributed by atoms with E-state index in [9.17, 15) is 9.59 Å². The van der Waals surface area contributed by atoms with Crippen LogP contribution >= 0.6 is 0 Å². The number of allylic oxidation sites excluding steroid dienone is 1. The summed E-state index contributed by atoms with van der Waals surface area (Å²) >= 11 is 0. The van der Waals surface area contributed by atoms with Crippen molar-refractivity contribution in [1.82, 2.24) is 10.3 Å². The van der Waals surface area contributed by atoms with Crippen molar-refractivity contribution in [3.8, 4) is 0 Å². The Labute approximate surface area is 193 Å². The monoisotopic (exact) mass is 444 g/mol. The SMILES string of the molecule is CC1CCCCC1NC(=O)COC(=O)c1c2c(nc3ccccc13)/C(=C\c1ccco1)CC2. The molecule has 1 amide bonds. The molecule has 2 aliphatic carbocycles. The van der Waals surface area contributed by atoms with Crippen LogP contribution in [0.4, 0.5) is 0 Å². The zero-order valence-corrected chi connectivity index (χ0v) is 18.8. The van der Waals surface area contributed by atoms with E-state index in [0.717, 1.165) is 59.2 Å². The molecule has 0 saturated heterocycles. The maximum atomic E-state index is 13.2. The summed E-state index contributed by atoms with van der Waals surface area (Å²) in [5.74, 6) is 0.488. The van der Waals surface area contributed by atoms with Crippen LogP contribution in [0.15, 0.2) is 47.1 Å². The summed E-state index contributed by atoms with van der Waals surface area (Å²) in [4.78, 5) is 30.6. The van der Waals surface area contributed by atoms with Gasteiger partial charge in [-0.05, 0) is 67.0 Å². The molecule has 2 aromatic heterocycles. The molecule has 3 aromatic rings. The van der Waals surface area contributed by atoms with E-state index in [0.29, 0.717) is 17.9 Å². The van der Waals surface area contributed by atoms with Crippen molar-refractivity contribution in [2.24, 2.45) is 5.92 Å². The summed E-state index contributed by atoms with van der Waals surface area (Å²) in [7, 11) is 0. The van der Waals surface area contributed by atoms with Crippen molar-refractivity contribution in [2.45, 2.75) is 51.5 Å². The molecule has 170 valence electrons. The minimum absolute atomic E-state index is 0.158. The molecule has 1 aromatic carbocycles. The summed E-state index contributed by atoms with van der Waals surface area (Å²) in [6.07, 6.45) is 9.49. The van der Waals surface area contributed by atoms with Crippen molar-refractivity contribution in [3.05, 3.63) is 65.2 Å². The van der Waals surface area contributed by atoms with Gasteiger partial charge in [0, 0.05) is 11.4 Å². The van der Waals surface area contributed by atoms with E-state index in [1.165, 1.54) is 6.42 Å². The van der Waals surface area contributed by atoms with E-state index in [2.05, 4.69) is 12.2 Å². The lowest BCUT2D eigenvalue weighted by atomic mass is 9.86. The molecule has 0 bridgehead atoms. The molecule has 6 heteroatoms. The fourth-order valence-corrected chi connectivity index (χ4v) is 5.04. The van der Waals surface area contributed by atoms with Crippen molar-refractivity contribution in [2.75, 3.05) is 6.61 Å². The number of ether oxygens (including phenoxy) is 1. The van der Waals surface area contributed by atoms with Crippen LogP contribution < -0.4 is 5.32 Å². The second-order valence-electron chi connectivity index (χ2n) is 9.03. The van der Waals surface area contributed by atoms with Crippen LogP contribution in [0.3, 0.4) is 0 Å². The van der Waals surface area contributed by atoms with Crippen molar-refractivity contribution < 1.29 is 18.7 Å². The molecule has 2 aliphatic rings. The van der Waals surface area contributed by atoms with E-state index < -0.39 is 5.97 Å². The average Bonchev–Trinajstić information content (AvgIpc) is 3.48. The van der Waals surface area contributed by atoms with Gasteiger partial charge in [0.05, 0.1) is 23.0 Å². The molecule has 1 fully saturated rings. The number of carbonyl (C=O) groups is 2. The van der Waals surface area contributed by atoms with Crippen LogP contribution in [0, 0.1) is 5.92 Å². The lowest BCUT2D eigenvalue weighted by Crippen LogP contribution is -2.42. The number of aromatic nitrogens is 1. The third-order valence-corrected chi connectivity index (χ3v) is 6.80. The lowest BCUT2D eigenvalue weighted by molar-refractivity contribution is -0.125. The van der Waals surface area contributed by atoms with E-state index in [-0.39, 0.29) is 18.6 Å². The number of benzene rings is 1. The summed E-state index contributed by atoms with van der Waals surface area (Å²) in [6, 6.07) is 11.5. The minimum Gasteiger partial charge on any atom is -0.465 e. The Morgan fingerprint density at radius 2 is 2.00 bits per heavy atom. The highest BCUT2D eigenvalue weighted by atomic mass is 16.5. The zero-order chi connectivity index (χ0) is 22.8. The van der Waals surface area contributed by atoms with Gasteiger partial charge in [-0.25, -0.2) is 9.78 Å². The van der Waals surface area contributed by atoms with Gasteiger partial charge in [-0.1, -0.05) is 38.0 Å². The van der Waals surface area contributed by atoms with Crippen molar-refractivity contribution in [3.63, 3.8) is 0 Å². The van der Waals surface area contributed by atoms with Crippen LogP contribution in [-0.4, -0.2) is 29.5 Å². The Kier molecular flexibility index (Phi) is 5.99. The Balaban J connectivity index is 1.39. The third kappa shape index (κ3) is 4.42. The van der Waals surface area contributed by atoms with Gasteiger partial charge in [-0.2, -0.15) is 0 Å². The predicted molar refractivity (Wildman–Crippen MR) is 126 cm³/mol. The number of esters is 1. The number of nitrogens with zero attached hydrogens (tertiary/aromatic N) is 1. The van der Waals surface area contributed by atoms with Gasteiger partial charge >= 0.3 is 5.97 Å². The maximum absolute atomic E-state index is 13.2. The summed E-state index contributed by atoms with van der Waals surface area (Å²) in [5, 5.41) is 3.80. The van der Waals surface area contributed by atoms with Gasteiger partial charge in [-0.3, -0.25) is 4.79 Å². The molecular formula is C27H28N2O4. The number of para-hydroxylation sites is 1. The molecule has 5 rings (SSSR count). The van der Waals surface area contributed by atoms with Crippen molar-refractivity contribution in [1.29, 1.82) is 0 Å². The van der Waals surface area contributed by atoms with Gasteiger partial charge in [0.25, 0.3) is 5.91 Å². The van der Waals surface area contributed by atoms with Gasteiger partial charge in [0.2, 0.25) is 0 Å². The molecule has 0 spiro atoms. The number of nitrogens with one attached hydrogen (secondary N) is 1. The summed E-state index contributed by atoms with van der Waals surface area (Å²) < 4.78 is 11.0. The van der Waals surface area contributed by atoms with Gasteiger partial charge in [-0.15, -0.1) is 0 Å². The normalized spacial score (nSPS) is 21.2. The van der Waals surface area contributed by atoms with Crippen LogP contribution in [0.5, 0.6) is 0 Å². The molecule has 1 N–H and O–H groups in total. The molecule has 0 radical (unpaired) electrons. The molecule has 6 nitrogen and oxygen atoms in total. The molecule has 2 unspecified atom stereocenters. The largest absolute Gasteiger partial charge is 0.465 e. The number of fused-ring (bicyclic) bond motifs is 2. The topological polar surface area (TPSA) is 81.4 Å². The number of hydrogen-bond donors (Lipinski definition) is 1. The van der Waals surface area contributed by atoms with Crippen molar-refractivity contribution >= 4 is 34.4 Å². The molecule has 1 saturated carbocycles. The highest BCUT2D eigenvalue weighted by Crippen LogP contribution is 2.37. The Bertz CT molecular complexity index is 1210. The van der Waals surface area contributed by atoms with Crippen LogP contribution in [0.25, 0.3) is 22.6 Å². The second kappa shape index (κ2) is 9.22. The predicted octanol–water partition coefficient (Wildman–Crippen LogP) is 5.17. The molecule has 0 aliphatic heterocycles. The van der Waals surface area contributed by atoms with Gasteiger partial charge in [0.15, 0.2) is 6.61 Å². The van der Waals surface area contributed by atoms with Crippen LogP contribution in [-0.2, 0) is 16.0 Å². The highest BCUT2D eigenvalue weighted by Gasteiger charge is 2.29. The quantitative estimate of drug-likeness (QED) is 0.549. The second-order valence-corrected chi connectivity index (χ2v) is 9.03. The van der Waals surface area contributed by atoms with E-state index in [4.69, 9.17) is 14.1 Å². The van der Waals surface area contributed by atoms with Crippen LogP contribution in [0.1, 0.15) is 66.4 Å². The maximum Gasteiger partial charge on any atom is 0.339 e. The first-order valence-corrected chi connectivity index (χ1v) is 11.7. The molecule has 33 heavy (non-hydrogen) atoms. The Morgan fingerprint density at radius 3 is 2.82 bits per heavy atom. The van der Waals surface area contributed by atoms with E-state index in [1.807, 2.05) is 42.5 Å². The van der Waals surface area contributed by atoms with Gasteiger partial charge < -0.3 is 14.5 Å². The van der Waals surface area contributed by atoms with Gasteiger partial charge in [0.1, 0.15) is 5.76 Å². The standard InChI is InChI=1S/C27H28N2O4/c1-17-7-2-4-10-22(17)28-24(30)16-33-27(31)25-20-9-3-5-11-23(20)29-26-18(12-13-21(25)26)15-19-8-6-14-32-19/h3,5-6,8-9,11,14-15,17,22H,2,4,7,10,12-13,16H2,1H3,(H,28,30)/b18-15-. The average molecular weight is 445 g/mol. The number of furan rings is 1. The third-order valence-electron chi connectivity index (χ3n) is 6.80. The Morgan fingerprint density at radius 1 is 1.15 bits per heavy atom. The first kappa shape index (κ1) is 21.4. The Hall–Kier alpha value is -3.41. The molecule has 2 atom stereocenters. The zero-order valence-electron chi connectivity index (χ0n) is 18.8. The number of pyridine rings is 1. The number of carbonyl (C=O) groups excluding carboxylic acids is 2. The first-order chi connectivity index (χ1) is 16.1.